The highest BCUT2D eigenvalue weighted by Crippen LogP contribution is 2.22. The molecule has 0 aliphatic rings. The molecule has 0 spiro atoms. The molecule has 0 radical (unpaired) electrons. The summed E-state index contributed by atoms with van der Waals surface area (Å²) in [4.78, 5) is 29.7. The first-order chi connectivity index (χ1) is 12.0. The number of amides is 1. The van der Waals surface area contributed by atoms with Crippen molar-refractivity contribution in [2.45, 2.75) is 64.2 Å². The first kappa shape index (κ1) is 19.5. The molecule has 0 fully saturated rings. The van der Waals surface area contributed by atoms with Gasteiger partial charge in [-0.25, -0.2) is 4.98 Å². The molecule has 1 amide bonds. The quantitative estimate of drug-likeness (QED) is 0.574. The van der Waals surface area contributed by atoms with Crippen molar-refractivity contribution in [2.75, 3.05) is 5.75 Å². The maximum atomic E-state index is 12.9. The van der Waals surface area contributed by atoms with Crippen LogP contribution in [0.25, 0.3) is 10.9 Å². The van der Waals surface area contributed by atoms with Crippen molar-refractivity contribution in [1.29, 1.82) is 0 Å². The van der Waals surface area contributed by atoms with Gasteiger partial charge in [0.1, 0.15) is 0 Å². The molecule has 6 heteroatoms. The van der Waals surface area contributed by atoms with E-state index in [-0.39, 0.29) is 29.3 Å². The van der Waals surface area contributed by atoms with Crippen molar-refractivity contribution < 1.29 is 4.79 Å². The fraction of sp³-hybridized carbons (Fsp3) is 0.526. The van der Waals surface area contributed by atoms with E-state index in [1.807, 2.05) is 32.0 Å². The van der Waals surface area contributed by atoms with E-state index in [4.69, 9.17) is 0 Å². The number of aromatic nitrogens is 2. The van der Waals surface area contributed by atoms with E-state index in [9.17, 15) is 9.59 Å². The first-order valence-electron chi connectivity index (χ1n) is 8.95. The van der Waals surface area contributed by atoms with E-state index < -0.39 is 0 Å². The summed E-state index contributed by atoms with van der Waals surface area (Å²) in [5.74, 6) is 0.245. The topological polar surface area (TPSA) is 64.0 Å². The Labute approximate surface area is 153 Å². The fourth-order valence-corrected chi connectivity index (χ4v) is 3.60. The van der Waals surface area contributed by atoms with Crippen LogP contribution >= 0.6 is 11.8 Å². The number of fused-ring (bicyclic) bond motifs is 1. The van der Waals surface area contributed by atoms with E-state index in [1.54, 1.807) is 10.6 Å². The molecule has 136 valence electrons. The highest BCUT2D eigenvalue weighted by Gasteiger charge is 2.17. The summed E-state index contributed by atoms with van der Waals surface area (Å²) in [7, 11) is 0. The van der Waals surface area contributed by atoms with Gasteiger partial charge in [-0.05, 0) is 38.3 Å². The van der Waals surface area contributed by atoms with Crippen LogP contribution in [0.5, 0.6) is 0 Å². The third-order valence-electron chi connectivity index (χ3n) is 4.49. The molecule has 25 heavy (non-hydrogen) atoms. The Bertz CT molecular complexity index is 784. The maximum Gasteiger partial charge on any atom is 0.262 e. The van der Waals surface area contributed by atoms with E-state index in [0.29, 0.717) is 16.1 Å². The molecule has 0 aliphatic heterocycles. The Morgan fingerprint density at radius 3 is 2.52 bits per heavy atom. The smallest absolute Gasteiger partial charge is 0.262 e. The molecule has 1 aromatic carbocycles. The second kappa shape index (κ2) is 9.04. The lowest BCUT2D eigenvalue weighted by Gasteiger charge is -2.19. The summed E-state index contributed by atoms with van der Waals surface area (Å²) >= 11 is 1.33. The third-order valence-corrected chi connectivity index (χ3v) is 5.44. The van der Waals surface area contributed by atoms with E-state index >= 15 is 0 Å². The Hall–Kier alpha value is -1.82. The van der Waals surface area contributed by atoms with Crippen molar-refractivity contribution in [1.82, 2.24) is 14.9 Å². The highest BCUT2D eigenvalue weighted by atomic mass is 32.2. The number of thioether (sulfide) groups is 1. The van der Waals surface area contributed by atoms with Gasteiger partial charge in [-0.3, -0.25) is 14.2 Å². The van der Waals surface area contributed by atoms with Crippen LogP contribution in [0.3, 0.4) is 0 Å². The van der Waals surface area contributed by atoms with Gasteiger partial charge in [0, 0.05) is 12.1 Å². The van der Waals surface area contributed by atoms with Crippen LogP contribution < -0.4 is 10.9 Å². The minimum atomic E-state index is -0.0390. The summed E-state index contributed by atoms with van der Waals surface area (Å²) in [5.41, 5.74) is 0.637. The van der Waals surface area contributed by atoms with Crippen LogP contribution in [-0.4, -0.2) is 27.3 Å². The lowest BCUT2D eigenvalue weighted by atomic mass is 10.2. The first-order valence-corrected chi connectivity index (χ1v) is 9.93. The number of nitrogens with zero attached hydrogens (tertiary/aromatic N) is 2. The molecule has 0 unspecified atom stereocenters. The lowest BCUT2D eigenvalue weighted by Crippen LogP contribution is -2.35. The van der Waals surface area contributed by atoms with Crippen LogP contribution in [0, 0.1) is 0 Å². The SMILES string of the molecule is CCC(CC)NC(=O)CSc1nc2ccccc2c(=O)n1[C@@H](C)CC. The van der Waals surface area contributed by atoms with Gasteiger partial charge in [-0.1, -0.05) is 44.7 Å². The molecule has 1 N–H and O–H groups in total. The van der Waals surface area contributed by atoms with Crippen molar-refractivity contribution in [2.24, 2.45) is 0 Å². The van der Waals surface area contributed by atoms with Crippen LogP contribution in [-0.2, 0) is 4.79 Å². The zero-order valence-electron chi connectivity index (χ0n) is 15.4. The van der Waals surface area contributed by atoms with Crippen LogP contribution in [0.2, 0.25) is 0 Å². The van der Waals surface area contributed by atoms with Crippen LogP contribution in [0.4, 0.5) is 0 Å². The van der Waals surface area contributed by atoms with Crippen LogP contribution in [0.1, 0.15) is 53.0 Å². The molecule has 2 aromatic rings. The van der Waals surface area contributed by atoms with Gasteiger partial charge in [0.25, 0.3) is 5.56 Å². The van der Waals surface area contributed by atoms with Crippen LogP contribution in [0.15, 0.2) is 34.2 Å². The Morgan fingerprint density at radius 2 is 1.88 bits per heavy atom. The molecule has 2 rings (SSSR count). The molecule has 0 saturated heterocycles. The summed E-state index contributed by atoms with van der Waals surface area (Å²) in [6.45, 7) is 8.17. The molecule has 1 aromatic heterocycles. The summed E-state index contributed by atoms with van der Waals surface area (Å²) in [6, 6.07) is 7.60. The van der Waals surface area contributed by atoms with Gasteiger partial charge >= 0.3 is 0 Å². The average molecular weight is 362 g/mol. The molecule has 1 atom stereocenters. The standard InChI is InChI=1S/C19H27N3O2S/c1-5-13(4)22-18(24)15-10-8-9-11-16(15)21-19(22)25-12-17(23)20-14(6-2)7-3/h8-11,13-14H,5-7,12H2,1-4H3,(H,20,23)/t13-/m0/s1. The second-order valence-electron chi connectivity index (χ2n) is 6.21. The number of para-hydroxylation sites is 1. The Kier molecular flexibility index (Phi) is 7.05. The van der Waals surface area contributed by atoms with Crippen molar-refractivity contribution >= 4 is 28.6 Å². The highest BCUT2D eigenvalue weighted by molar-refractivity contribution is 7.99. The summed E-state index contributed by atoms with van der Waals surface area (Å²) < 4.78 is 1.72. The largest absolute Gasteiger partial charge is 0.353 e. The number of nitrogens with one attached hydrogen (secondary N) is 1. The normalized spacial score (nSPS) is 12.5. The molecular formula is C19H27N3O2S. The third kappa shape index (κ3) is 4.63. The molecule has 5 nitrogen and oxygen atoms in total. The average Bonchev–Trinajstić information content (AvgIpc) is 2.64. The second-order valence-corrected chi connectivity index (χ2v) is 7.16. The van der Waals surface area contributed by atoms with E-state index in [2.05, 4.69) is 24.1 Å². The Balaban J connectivity index is 2.30. The minimum Gasteiger partial charge on any atom is -0.353 e. The molecule has 0 aliphatic carbocycles. The predicted octanol–water partition coefficient (Wildman–Crippen LogP) is 3.76. The number of rotatable bonds is 8. The van der Waals surface area contributed by atoms with Gasteiger partial charge < -0.3 is 5.32 Å². The maximum absolute atomic E-state index is 12.9. The summed E-state index contributed by atoms with van der Waals surface area (Å²) in [6.07, 6.45) is 2.66. The van der Waals surface area contributed by atoms with Crippen molar-refractivity contribution in [3.05, 3.63) is 34.6 Å². The Morgan fingerprint density at radius 1 is 1.20 bits per heavy atom. The molecular weight excluding hydrogens is 334 g/mol. The predicted molar refractivity (Wildman–Crippen MR) is 104 cm³/mol. The van der Waals surface area contributed by atoms with Crippen molar-refractivity contribution in [3.63, 3.8) is 0 Å². The molecule has 0 saturated carbocycles. The van der Waals surface area contributed by atoms with Gasteiger partial charge in [-0.15, -0.1) is 0 Å². The lowest BCUT2D eigenvalue weighted by molar-refractivity contribution is -0.119. The van der Waals surface area contributed by atoms with E-state index in [0.717, 1.165) is 19.3 Å². The zero-order chi connectivity index (χ0) is 18.4. The van der Waals surface area contributed by atoms with Gasteiger partial charge in [-0.2, -0.15) is 0 Å². The van der Waals surface area contributed by atoms with E-state index in [1.165, 1.54) is 11.8 Å². The minimum absolute atomic E-state index is 0.0168. The monoisotopic (exact) mass is 361 g/mol. The number of hydrogen-bond donors (Lipinski definition) is 1. The number of carbonyl (C=O) groups is 1. The van der Waals surface area contributed by atoms with Gasteiger partial charge in [0.05, 0.1) is 16.7 Å². The zero-order valence-corrected chi connectivity index (χ0v) is 16.2. The number of hydrogen-bond acceptors (Lipinski definition) is 4. The summed E-state index contributed by atoms with van der Waals surface area (Å²) in [5, 5.41) is 4.25. The van der Waals surface area contributed by atoms with Gasteiger partial charge in [0.15, 0.2) is 5.16 Å². The van der Waals surface area contributed by atoms with Gasteiger partial charge in [0.2, 0.25) is 5.91 Å². The number of carbonyl (C=O) groups excluding carboxylic acids is 1. The molecule has 1 heterocycles. The fourth-order valence-electron chi connectivity index (χ4n) is 2.69. The van der Waals surface area contributed by atoms with Crippen molar-refractivity contribution in [3.8, 4) is 0 Å². The number of benzene rings is 1. The molecule has 0 bridgehead atoms.